The van der Waals surface area contributed by atoms with Crippen LogP contribution in [0.2, 0.25) is 0 Å². The van der Waals surface area contributed by atoms with E-state index in [4.69, 9.17) is 14.2 Å². The molecule has 2 saturated heterocycles. The van der Waals surface area contributed by atoms with Gasteiger partial charge in [-0.15, -0.1) is 0 Å². The molecular formula is C22H34N4O4. The lowest BCUT2D eigenvalue weighted by Gasteiger charge is -2.38. The first-order valence-electron chi connectivity index (χ1n) is 11.0. The van der Waals surface area contributed by atoms with Crippen molar-refractivity contribution in [3.63, 3.8) is 0 Å². The normalized spacial score (nSPS) is 23.8. The number of morpholine rings is 2. The predicted octanol–water partition coefficient (Wildman–Crippen LogP) is 2.74. The summed E-state index contributed by atoms with van der Waals surface area (Å²) in [5.41, 5.74) is 0.627. The van der Waals surface area contributed by atoms with Crippen LogP contribution in [0.15, 0.2) is 18.3 Å². The van der Waals surface area contributed by atoms with Crippen LogP contribution in [-0.4, -0.2) is 79.7 Å². The SMILES string of the molecule is CC(C)(C)OC(=O)N1CCO[C@H]([C@H](Nc2ccc(N3CCOCC3)cn2)C2CC2)C1. The molecule has 3 heterocycles. The molecule has 2 aliphatic heterocycles. The molecule has 3 aliphatic rings. The fraction of sp³-hybridized carbons (Fsp3) is 0.727. The van der Waals surface area contributed by atoms with Crippen molar-refractivity contribution in [2.75, 3.05) is 56.2 Å². The van der Waals surface area contributed by atoms with E-state index in [-0.39, 0.29) is 18.2 Å². The second kappa shape index (κ2) is 8.98. The number of amides is 1. The molecule has 4 rings (SSSR count). The minimum atomic E-state index is -0.495. The molecule has 30 heavy (non-hydrogen) atoms. The van der Waals surface area contributed by atoms with E-state index in [1.54, 1.807) is 4.90 Å². The Morgan fingerprint density at radius 1 is 1.20 bits per heavy atom. The van der Waals surface area contributed by atoms with Crippen molar-refractivity contribution in [1.29, 1.82) is 0 Å². The zero-order valence-electron chi connectivity index (χ0n) is 18.3. The average Bonchev–Trinajstić information content (AvgIpc) is 3.57. The highest BCUT2D eigenvalue weighted by Gasteiger charge is 2.40. The Hall–Kier alpha value is -2.06. The van der Waals surface area contributed by atoms with Crippen molar-refractivity contribution in [2.45, 2.75) is 51.4 Å². The quantitative estimate of drug-likeness (QED) is 0.788. The van der Waals surface area contributed by atoms with E-state index < -0.39 is 5.60 Å². The van der Waals surface area contributed by atoms with Crippen molar-refractivity contribution in [3.8, 4) is 0 Å². The smallest absolute Gasteiger partial charge is 0.410 e. The molecule has 3 fully saturated rings. The average molecular weight is 419 g/mol. The number of anilines is 2. The Balaban J connectivity index is 1.38. The summed E-state index contributed by atoms with van der Waals surface area (Å²) in [4.78, 5) is 21.2. The highest BCUT2D eigenvalue weighted by atomic mass is 16.6. The van der Waals surface area contributed by atoms with E-state index in [9.17, 15) is 4.79 Å². The lowest BCUT2D eigenvalue weighted by Crippen LogP contribution is -2.53. The summed E-state index contributed by atoms with van der Waals surface area (Å²) < 4.78 is 17.1. The number of ether oxygens (including phenoxy) is 3. The second-order valence-electron chi connectivity index (χ2n) is 9.34. The number of rotatable bonds is 5. The molecule has 166 valence electrons. The summed E-state index contributed by atoms with van der Waals surface area (Å²) in [6, 6.07) is 4.28. The minimum Gasteiger partial charge on any atom is -0.444 e. The molecule has 2 atom stereocenters. The third kappa shape index (κ3) is 5.55. The third-order valence-electron chi connectivity index (χ3n) is 5.71. The van der Waals surface area contributed by atoms with Gasteiger partial charge in [0.2, 0.25) is 0 Å². The zero-order chi connectivity index (χ0) is 21.1. The van der Waals surface area contributed by atoms with Crippen LogP contribution in [0.5, 0.6) is 0 Å². The second-order valence-corrected chi connectivity index (χ2v) is 9.34. The Labute approximate surface area is 178 Å². The van der Waals surface area contributed by atoms with E-state index in [0.717, 1.165) is 37.8 Å². The molecule has 8 nitrogen and oxygen atoms in total. The van der Waals surface area contributed by atoms with E-state index in [1.807, 2.05) is 33.0 Å². The van der Waals surface area contributed by atoms with E-state index in [0.29, 0.717) is 25.6 Å². The fourth-order valence-corrected chi connectivity index (χ4v) is 4.01. The van der Waals surface area contributed by atoms with Gasteiger partial charge in [-0.2, -0.15) is 0 Å². The molecule has 1 aromatic rings. The van der Waals surface area contributed by atoms with Gasteiger partial charge in [0.25, 0.3) is 0 Å². The van der Waals surface area contributed by atoms with Gasteiger partial charge in [0.1, 0.15) is 11.4 Å². The van der Waals surface area contributed by atoms with Gasteiger partial charge in [0.15, 0.2) is 0 Å². The summed E-state index contributed by atoms with van der Waals surface area (Å²) >= 11 is 0. The van der Waals surface area contributed by atoms with Crippen LogP contribution in [0.1, 0.15) is 33.6 Å². The minimum absolute atomic E-state index is 0.0699. The van der Waals surface area contributed by atoms with Crippen molar-refractivity contribution < 1.29 is 19.0 Å². The number of hydrogen-bond donors (Lipinski definition) is 1. The number of carbonyl (C=O) groups excluding carboxylic acids is 1. The molecule has 1 aromatic heterocycles. The largest absolute Gasteiger partial charge is 0.444 e. The lowest BCUT2D eigenvalue weighted by molar-refractivity contribution is -0.0502. The van der Waals surface area contributed by atoms with E-state index in [1.165, 1.54) is 12.8 Å². The van der Waals surface area contributed by atoms with Gasteiger partial charge >= 0.3 is 6.09 Å². The van der Waals surface area contributed by atoms with E-state index in [2.05, 4.69) is 21.3 Å². The number of aromatic nitrogens is 1. The van der Waals surface area contributed by atoms with Crippen LogP contribution >= 0.6 is 0 Å². The lowest BCUT2D eigenvalue weighted by atomic mass is 10.0. The molecule has 1 amide bonds. The number of nitrogens with zero attached hydrogens (tertiary/aromatic N) is 3. The maximum Gasteiger partial charge on any atom is 0.410 e. The van der Waals surface area contributed by atoms with Crippen molar-refractivity contribution >= 4 is 17.6 Å². The number of nitrogens with one attached hydrogen (secondary N) is 1. The Morgan fingerprint density at radius 3 is 2.60 bits per heavy atom. The van der Waals surface area contributed by atoms with Crippen molar-refractivity contribution in [2.24, 2.45) is 5.92 Å². The first kappa shape index (κ1) is 21.2. The summed E-state index contributed by atoms with van der Waals surface area (Å²) in [5.74, 6) is 1.40. The van der Waals surface area contributed by atoms with Crippen LogP contribution in [0.4, 0.5) is 16.3 Å². The van der Waals surface area contributed by atoms with Crippen LogP contribution in [0, 0.1) is 5.92 Å². The maximum absolute atomic E-state index is 12.5. The summed E-state index contributed by atoms with van der Waals surface area (Å²) in [7, 11) is 0. The zero-order valence-corrected chi connectivity index (χ0v) is 18.3. The fourth-order valence-electron chi connectivity index (χ4n) is 4.01. The number of pyridine rings is 1. The van der Waals surface area contributed by atoms with Gasteiger partial charge in [-0.25, -0.2) is 9.78 Å². The predicted molar refractivity (Wildman–Crippen MR) is 115 cm³/mol. The summed E-state index contributed by atoms with van der Waals surface area (Å²) in [5, 5.41) is 3.59. The molecule has 1 saturated carbocycles. The van der Waals surface area contributed by atoms with Gasteiger partial charge < -0.3 is 29.3 Å². The monoisotopic (exact) mass is 418 g/mol. The maximum atomic E-state index is 12.5. The number of carbonyl (C=O) groups is 1. The van der Waals surface area contributed by atoms with E-state index >= 15 is 0 Å². The van der Waals surface area contributed by atoms with Crippen molar-refractivity contribution in [3.05, 3.63) is 18.3 Å². The molecule has 1 aliphatic carbocycles. The third-order valence-corrected chi connectivity index (χ3v) is 5.71. The molecule has 8 heteroatoms. The molecule has 0 unspecified atom stereocenters. The van der Waals surface area contributed by atoms with Gasteiger partial charge in [-0.3, -0.25) is 0 Å². The molecule has 0 aromatic carbocycles. The highest BCUT2D eigenvalue weighted by Crippen LogP contribution is 2.37. The van der Waals surface area contributed by atoms with Gasteiger partial charge in [-0.1, -0.05) is 0 Å². The topological polar surface area (TPSA) is 76.2 Å². The van der Waals surface area contributed by atoms with Gasteiger partial charge in [0.05, 0.1) is 50.4 Å². The van der Waals surface area contributed by atoms with Crippen molar-refractivity contribution in [1.82, 2.24) is 9.88 Å². The first-order valence-corrected chi connectivity index (χ1v) is 11.0. The molecule has 0 spiro atoms. The summed E-state index contributed by atoms with van der Waals surface area (Å²) in [6.45, 7) is 10.6. The van der Waals surface area contributed by atoms with Gasteiger partial charge in [-0.05, 0) is 51.7 Å². The summed E-state index contributed by atoms with van der Waals surface area (Å²) in [6.07, 6.45) is 3.94. The standard InChI is InChI=1S/C22H34N4O4/c1-22(2,3)30-21(27)26-10-13-29-18(15-26)20(16-4-5-16)24-19-7-6-17(14-23-19)25-8-11-28-12-9-25/h6-7,14,16,18,20H,4-5,8-13,15H2,1-3H3,(H,23,24)/t18-,20+/m0/s1. The number of hydrogen-bond acceptors (Lipinski definition) is 7. The van der Waals surface area contributed by atoms with Gasteiger partial charge in [0, 0.05) is 19.6 Å². The van der Waals surface area contributed by atoms with Crippen LogP contribution in [-0.2, 0) is 14.2 Å². The molecule has 0 radical (unpaired) electrons. The Morgan fingerprint density at radius 2 is 1.97 bits per heavy atom. The first-order chi connectivity index (χ1) is 14.4. The molecule has 0 bridgehead atoms. The van der Waals surface area contributed by atoms with Crippen LogP contribution in [0.3, 0.4) is 0 Å². The van der Waals surface area contributed by atoms with Crippen LogP contribution < -0.4 is 10.2 Å². The Bertz CT molecular complexity index is 711. The Kier molecular flexibility index (Phi) is 6.34. The highest BCUT2D eigenvalue weighted by molar-refractivity contribution is 5.68. The molecule has 1 N–H and O–H groups in total. The molecular weight excluding hydrogens is 384 g/mol. The van der Waals surface area contributed by atoms with Crippen LogP contribution in [0.25, 0.3) is 0 Å².